The Balaban J connectivity index is 2.12. The molecule has 1 aromatic rings. The van der Waals surface area contributed by atoms with Crippen LogP contribution in [0.4, 0.5) is 0 Å². The number of carbonyl (C=O) groups excluding carboxylic acids is 1. The third-order valence-corrected chi connectivity index (χ3v) is 3.36. The van der Waals surface area contributed by atoms with Crippen molar-refractivity contribution in [3.8, 4) is 5.88 Å². The van der Waals surface area contributed by atoms with Gasteiger partial charge < -0.3 is 16.2 Å². The Labute approximate surface area is 107 Å². The first kappa shape index (κ1) is 12.8. The van der Waals surface area contributed by atoms with Gasteiger partial charge in [0, 0.05) is 5.69 Å². The molecule has 0 bridgehead atoms. The molecule has 1 fully saturated rings. The number of pyridine rings is 1. The number of aromatic nitrogens is 1. The number of aryl methyl sites for hydroxylation is 1. The summed E-state index contributed by atoms with van der Waals surface area (Å²) in [5, 5.41) is 0. The fourth-order valence-electron chi connectivity index (χ4n) is 2.27. The highest BCUT2D eigenvalue weighted by atomic mass is 16.5. The van der Waals surface area contributed by atoms with Crippen molar-refractivity contribution in [3.05, 3.63) is 23.4 Å². The number of nitrogens with zero attached hydrogens (tertiary/aromatic N) is 1. The lowest BCUT2D eigenvalue weighted by Crippen LogP contribution is -2.42. The van der Waals surface area contributed by atoms with Crippen molar-refractivity contribution in [1.82, 2.24) is 4.98 Å². The van der Waals surface area contributed by atoms with Crippen LogP contribution in [0, 0.1) is 6.92 Å². The normalized spacial score (nSPS) is 17.7. The summed E-state index contributed by atoms with van der Waals surface area (Å²) in [5.74, 6) is -0.241. The number of hydrogen-bond acceptors (Lipinski definition) is 4. The summed E-state index contributed by atoms with van der Waals surface area (Å²) in [5.41, 5.74) is 12.3. The Kier molecular flexibility index (Phi) is 3.52. The van der Waals surface area contributed by atoms with Gasteiger partial charge in [0.15, 0.2) is 0 Å². The van der Waals surface area contributed by atoms with E-state index < -0.39 is 5.91 Å². The molecule has 1 heterocycles. The first-order valence-corrected chi connectivity index (χ1v) is 6.19. The van der Waals surface area contributed by atoms with Crippen LogP contribution in [0.5, 0.6) is 5.88 Å². The fourth-order valence-corrected chi connectivity index (χ4v) is 2.27. The van der Waals surface area contributed by atoms with Crippen LogP contribution >= 0.6 is 0 Å². The molecular weight excluding hydrogens is 230 g/mol. The van der Waals surface area contributed by atoms with E-state index in [2.05, 4.69) is 4.98 Å². The van der Waals surface area contributed by atoms with Crippen LogP contribution in [0.2, 0.25) is 0 Å². The molecule has 0 unspecified atom stereocenters. The zero-order valence-corrected chi connectivity index (χ0v) is 10.6. The molecule has 0 aromatic carbocycles. The molecule has 1 aromatic heterocycles. The first-order valence-electron chi connectivity index (χ1n) is 6.19. The van der Waals surface area contributed by atoms with E-state index in [1.165, 1.54) is 0 Å². The summed E-state index contributed by atoms with van der Waals surface area (Å²) in [4.78, 5) is 15.5. The van der Waals surface area contributed by atoms with Gasteiger partial charge in [0.05, 0.1) is 5.54 Å². The van der Waals surface area contributed by atoms with Gasteiger partial charge in [-0.25, -0.2) is 4.98 Å². The SMILES string of the molecule is Cc1ccc(C(N)=O)c(OCC2(N)CCCC2)n1. The van der Waals surface area contributed by atoms with E-state index in [0.29, 0.717) is 18.1 Å². The van der Waals surface area contributed by atoms with E-state index in [0.717, 1.165) is 31.4 Å². The van der Waals surface area contributed by atoms with E-state index in [-0.39, 0.29) is 5.54 Å². The lowest BCUT2D eigenvalue weighted by atomic mass is 10.0. The Morgan fingerprint density at radius 3 is 2.72 bits per heavy atom. The standard InChI is InChI=1S/C13H19N3O2/c1-9-4-5-10(11(14)17)12(16-9)18-8-13(15)6-2-3-7-13/h4-5H,2-3,6-8,15H2,1H3,(H2,14,17). The second-order valence-corrected chi connectivity index (χ2v) is 5.03. The van der Waals surface area contributed by atoms with E-state index in [4.69, 9.17) is 16.2 Å². The summed E-state index contributed by atoms with van der Waals surface area (Å²) in [6.07, 6.45) is 4.16. The Bertz CT molecular complexity index is 454. The monoisotopic (exact) mass is 249 g/mol. The minimum absolute atomic E-state index is 0.291. The number of hydrogen-bond donors (Lipinski definition) is 2. The number of ether oxygens (including phenoxy) is 1. The molecule has 1 amide bonds. The molecule has 1 aliphatic carbocycles. The van der Waals surface area contributed by atoms with Crippen LogP contribution in [0.1, 0.15) is 41.7 Å². The van der Waals surface area contributed by atoms with Gasteiger partial charge in [0.1, 0.15) is 12.2 Å². The molecule has 5 heteroatoms. The Morgan fingerprint density at radius 1 is 1.44 bits per heavy atom. The molecule has 98 valence electrons. The quantitative estimate of drug-likeness (QED) is 0.837. The highest BCUT2D eigenvalue weighted by Crippen LogP contribution is 2.28. The van der Waals surface area contributed by atoms with E-state index in [1.807, 2.05) is 6.92 Å². The summed E-state index contributed by atoms with van der Waals surface area (Å²) in [6, 6.07) is 3.37. The second kappa shape index (κ2) is 4.94. The minimum Gasteiger partial charge on any atom is -0.475 e. The molecular formula is C13H19N3O2. The van der Waals surface area contributed by atoms with Gasteiger partial charge in [-0.2, -0.15) is 0 Å². The Morgan fingerprint density at radius 2 is 2.11 bits per heavy atom. The summed E-state index contributed by atoms with van der Waals surface area (Å²) in [6.45, 7) is 2.22. The molecule has 0 aliphatic heterocycles. The smallest absolute Gasteiger partial charge is 0.254 e. The topological polar surface area (TPSA) is 91.2 Å². The highest BCUT2D eigenvalue weighted by Gasteiger charge is 2.30. The average molecular weight is 249 g/mol. The molecule has 0 atom stereocenters. The van der Waals surface area contributed by atoms with Crippen molar-refractivity contribution in [2.24, 2.45) is 11.5 Å². The predicted octanol–water partition coefficient (Wildman–Crippen LogP) is 1.14. The number of nitrogens with two attached hydrogens (primary N) is 2. The maximum atomic E-state index is 11.3. The molecule has 0 spiro atoms. The van der Waals surface area contributed by atoms with E-state index in [9.17, 15) is 4.79 Å². The van der Waals surface area contributed by atoms with Gasteiger partial charge >= 0.3 is 0 Å². The van der Waals surface area contributed by atoms with Gasteiger partial charge in [-0.3, -0.25) is 4.79 Å². The van der Waals surface area contributed by atoms with Crippen LogP contribution in [0.25, 0.3) is 0 Å². The van der Waals surface area contributed by atoms with Crippen LogP contribution in [-0.2, 0) is 0 Å². The van der Waals surface area contributed by atoms with Gasteiger partial charge in [0.2, 0.25) is 5.88 Å². The van der Waals surface area contributed by atoms with E-state index in [1.54, 1.807) is 12.1 Å². The number of primary amides is 1. The van der Waals surface area contributed by atoms with Gasteiger partial charge in [0.25, 0.3) is 5.91 Å². The van der Waals surface area contributed by atoms with Crippen LogP contribution in [-0.4, -0.2) is 23.0 Å². The second-order valence-electron chi connectivity index (χ2n) is 5.03. The van der Waals surface area contributed by atoms with Crippen molar-refractivity contribution < 1.29 is 9.53 Å². The summed E-state index contributed by atoms with van der Waals surface area (Å²) in [7, 11) is 0. The number of carbonyl (C=O) groups is 1. The Hall–Kier alpha value is -1.62. The fraction of sp³-hybridized carbons (Fsp3) is 0.538. The van der Waals surface area contributed by atoms with Gasteiger partial charge in [-0.05, 0) is 31.9 Å². The lowest BCUT2D eigenvalue weighted by Gasteiger charge is -2.23. The number of amides is 1. The third kappa shape index (κ3) is 2.79. The molecule has 18 heavy (non-hydrogen) atoms. The molecule has 0 radical (unpaired) electrons. The zero-order chi connectivity index (χ0) is 13.2. The predicted molar refractivity (Wildman–Crippen MR) is 68.4 cm³/mol. The molecule has 4 N–H and O–H groups in total. The van der Waals surface area contributed by atoms with Crippen LogP contribution in [0.3, 0.4) is 0 Å². The first-order chi connectivity index (χ1) is 8.50. The third-order valence-electron chi connectivity index (χ3n) is 3.36. The molecule has 5 nitrogen and oxygen atoms in total. The summed E-state index contributed by atoms with van der Waals surface area (Å²) < 4.78 is 5.63. The maximum absolute atomic E-state index is 11.3. The average Bonchev–Trinajstić information content (AvgIpc) is 2.74. The van der Waals surface area contributed by atoms with Crippen molar-refractivity contribution >= 4 is 5.91 Å². The molecule has 1 saturated carbocycles. The molecule has 1 aliphatic rings. The maximum Gasteiger partial charge on any atom is 0.254 e. The van der Waals surface area contributed by atoms with Crippen LogP contribution < -0.4 is 16.2 Å². The van der Waals surface area contributed by atoms with Crippen LogP contribution in [0.15, 0.2) is 12.1 Å². The minimum atomic E-state index is -0.532. The highest BCUT2D eigenvalue weighted by molar-refractivity contribution is 5.95. The summed E-state index contributed by atoms with van der Waals surface area (Å²) >= 11 is 0. The van der Waals surface area contributed by atoms with Crippen molar-refractivity contribution in [2.45, 2.75) is 38.1 Å². The number of rotatable bonds is 4. The molecule has 2 rings (SSSR count). The van der Waals surface area contributed by atoms with Crippen molar-refractivity contribution in [1.29, 1.82) is 0 Å². The van der Waals surface area contributed by atoms with Gasteiger partial charge in [-0.15, -0.1) is 0 Å². The largest absolute Gasteiger partial charge is 0.475 e. The van der Waals surface area contributed by atoms with Crippen molar-refractivity contribution in [2.75, 3.05) is 6.61 Å². The van der Waals surface area contributed by atoms with E-state index >= 15 is 0 Å². The van der Waals surface area contributed by atoms with Crippen molar-refractivity contribution in [3.63, 3.8) is 0 Å². The molecule has 0 saturated heterocycles. The zero-order valence-electron chi connectivity index (χ0n) is 10.6. The van der Waals surface area contributed by atoms with Gasteiger partial charge in [-0.1, -0.05) is 12.8 Å². The lowest BCUT2D eigenvalue weighted by molar-refractivity contribution is 0.0993.